The molecular weight excluding hydrogens is 576 g/mol. The highest BCUT2D eigenvalue weighted by atomic mass is 32.1. The van der Waals surface area contributed by atoms with Gasteiger partial charge in [0.25, 0.3) is 0 Å². The Morgan fingerprint density at radius 2 is 0.884 bits per heavy atom. The van der Waals surface area contributed by atoms with Crippen LogP contribution >= 0.6 is 12.2 Å². The number of carbonyl (C=O) groups is 3. The highest BCUT2D eigenvalue weighted by Gasteiger charge is 2.20. The Morgan fingerprint density at radius 1 is 0.628 bits per heavy atom. The van der Waals surface area contributed by atoms with Crippen LogP contribution in [-0.4, -0.2) is 80.0 Å². The first-order valence-corrected chi connectivity index (χ1v) is 15.0. The van der Waals surface area contributed by atoms with Gasteiger partial charge in [-0.25, -0.2) is 14.4 Å². The number of aliphatic hydroxyl groups excluding tert-OH is 3. The molecule has 0 aromatic carbocycles. The van der Waals surface area contributed by atoms with Gasteiger partial charge in [0, 0.05) is 28.6 Å². The van der Waals surface area contributed by atoms with Crippen LogP contribution in [0.25, 0.3) is 0 Å². The molecule has 43 heavy (non-hydrogen) atoms. The number of aliphatic hydroxyl groups is 3. The molecule has 0 unspecified atom stereocenters. The predicted molar refractivity (Wildman–Crippen MR) is 177 cm³/mol. The van der Waals surface area contributed by atoms with Gasteiger partial charge in [0.05, 0.1) is 26.4 Å². The second-order valence-corrected chi connectivity index (χ2v) is 10.8. The van der Waals surface area contributed by atoms with Gasteiger partial charge < -0.3 is 35.4 Å². The number of carboxylic acid groups (broad SMARTS) is 3. The molecule has 10 nitrogen and oxygen atoms in total. The van der Waals surface area contributed by atoms with Crippen molar-refractivity contribution < 1.29 is 49.8 Å². The lowest BCUT2D eigenvalue weighted by Crippen LogP contribution is -2.29. The average Bonchev–Trinajstić information content (AvgIpc) is 2.96. The van der Waals surface area contributed by atoms with Gasteiger partial charge in [-0.2, -0.15) is 0 Å². The lowest BCUT2D eigenvalue weighted by atomic mass is 9.95. The number of carboxylic acids is 3. The maximum atomic E-state index is 9.60. The van der Waals surface area contributed by atoms with Crippen molar-refractivity contribution >= 4 is 35.2 Å². The number of unbranched alkanes of at least 4 members (excludes halogenated alkanes) is 9. The van der Waals surface area contributed by atoms with Gasteiger partial charge >= 0.3 is 17.9 Å². The van der Waals surface area contributed by atoms with Gasteiger partial charge in [-0.15, -0.1) is 0 Å². The van der Waals surface area contributed by atoms with Crippen LogP contribution in [0.15, 0.2) is 36.5 Å². The number of thiocarbonyl (C=S) groups is 1. The van der Waals surface area contributed by atoms with Gasteiger partial charge in [-0.3, -0.25) is 0 Å². The number of hydrogen-bond donors (Lipinski definition) is 6. The monoisotopic (exact) mass is 636 g/mol. The van der Waals surface area contributed by atoms with Gasteiger partial charge in [0.1, 0.15) is 0 Å². The molecular formula is C32H60O10S. The summed E-state index contributed by atoms with van der Waals surface area (Å²) < 4.78 is 5.39. The maximum absolute atomic E-state index is 9.60. The SMILES string of the molecule is C=C(C)C(=O)O.C=C(C)C(=O)O.C=C(C)C(=O)O.CC(CO)(CO)CO.CCCCCCCCCCCCOC(=S)CC. The third-order valence-electron chi connectivity index (χ3n) is 5.29. The Hall–Kier alpha value is -2.60. The van der Waals surface area contributed by atoms with E-state index >= 15 is 0 Å². The van der Waals surface area contributed by atoms with E-state index in [-0.39, 0.29) is 36.5 Å². The summed E-state index contributed by atoms with van der Waals surface area (Å²) in [6.45, 7) is 20.0. The molecule has 0 aromatic rings. The van der Waals surface area contributed by atoms with Gasteiger partial charge in [0.2, 0.25) is 0 Å². The fraction of sp³-hybridized carbons (Fsp3) is 0.688. The summed E-state index contributed by atoms with van der Waals surface area (Å²) in [6, 6.07) is 0. The smallest absolute Gasteiger partial charge is 0.330 e. The van der Waals surface area contributed by atoms with E-state index in [4.69, 9.17) is 47.6 Å². The third kappa shape index (κ3) is 49.4. The van der Waals surface area contributed by atoms with E-state index in [1.54, 1.807) is 6.92 Å². The summed E-state index contributed by atoms with van der Waals surface area (Å²) in [5.41, 5.74) is -0.181. The van der Waals surface area contributed by atoms with Crippen LogP contribution in [0.1, 0.15) is 112 Å². The van der Waals surface area contributed by atoms with E-state index < -0.39 is 23.3 Å². The molecule has 0 saturated carbocycles. The van der Waals surface area contributed by atoms with Crippen molar-refractivity contribution in [2.75, 3.05) is 26.4 Å². The highest BCUT2D eigenvalue weighted by Crippen LogP contribution is 2.11. The first kappa shape index (κ1) is 50.0. The van der Waals surface area contributed by atoms with Crippen molar-refractivity contribution in [1.82, 2.24) is 0 Å². The quantitative estimate of drug-likeness (QED) is 0.0543. The summed E-state index contributed by atoms with van der Waals surface area (Å²) in [6.07, 6.45) is 14.5. The molecule has 0 rings (SSSR count). The second kappa shape index (κ2) is 35.6. The molecule has 0 aromatic heterocycles. The molecule has 0 aliphatic carbocycles. The molecule has 0 saturated heterocycles. The Labute approximate surface area is 265 Å². The van der Waals surface area contributed by atoms with Crippen molar-refractivity contribution in [2.24, 2.45) is 5.41 Å². The van der Waals surface area contributed by atoms with Gasteiger partial charge in [-0.05, 0) is 39.4 Å². The molecule has 0 amide bonds. The molecule has 6 N–H and O–H groups in total. The summed E-state index contributed by atoms with van der Waals surface area (Å²) in [5, 5.41) is 49.8. The summed E-state index contributed by atoms with van der Waals surface area (Å²) in [5.74, 6) is -2.81. The predicted octanol–water partition coefficient (Wildman–Crippen LogP) is 6.57. The maximum Gasteiger partial charge on any atom is 0.330 e. The zero-order valence-corrected chi connectivity index (χ0v) is 28.3. The largest absolute Gasteiger partial charge is 0.487 e. The highest BCUT2D eigenvalue weighted by molar-refractivity contribution is 7.80. The van der Waals surface area contributed by atoms with Crippen molar-refractivity contribution in [1.29, 1.82) is 0 Å². The fourth-order valence-corrected chi connectivity index (χ4v) is 2.11. The summed E-state index contributed by atoms with van der Waals surface area (Å²) in [4.78, 5) is 28.8. The molecule has 0 bridgehead atoms. The second-order valence-electron chi connectivity index (χ2n) is 10.3. The van der Waals surface area contributed by atoms with Crippen LogP contribution < -0.4 is 0 Å². The lowest BCUT2D eigenvalue weighted by Gasteiger charge is -2.20. The standard InChI is InChI=1S/C15H30OS.C5H12O3.3C4H6O2/c1-3-5-6-7-8-9-10-11-12-13-14-16-15(17)4-2;1-5(2-6,3-7)4-8;3*1-3(2)4(5)6/h3-14H2,1-2H3;6-8H,2-4H2,1H3;3*1H2,2H3,(H,5,6). The number of hydrogen-bond acceptors (Lipinski definition) is 8. The number of rotatable bonds is 18. The zero-order valence-electron chi connectivity index (χ0n) is 27.5. The van der Waals surface area contributed by atoms with E-state index in [0.29, 0.717) is 0 Å². The van der Waals surface area contributed by atoms with Gasteiger partial charge in [0.15, 0.2) is 5.05 Å². The molecule has 0 aliphatic heterocycles. The number of aliphatic carboxylic acids is 3. The van der Waals surface area contributed by atoms with E-state index in [2.05, 4.69) is 26.7 Å². The van der Waals surface area contributed by atoms with Crippen molar-refractivity contribution in [2.45, 2.75) is 112 Å². The minimum Gasteiger partial charge on any atom is -0.487 e. The Morgan fingerprint density at radius 3 is 1.07 bits per heavy atom. The fourth-order valence-electron chi connectivity index (χ4n) is 2.03. The first-order valence-electron chi connectivity index (χ1n) is 14.6. The van der Waals surface area contributed by atoms with E-state index in [1.807, 2.05) is 6.92 Å². The van der Waals surface area contributed by atoms with E-state index in [9.17, 15) is 14.4 Å². The van der Waals surface area contributed by atoms with Crippen LogP contribution in [0.2, 0.25) is 0 Å². The minimum absolute atomic E-state index is 0.176. The Bertz CT molecular complexity index is 673. The summed E-state index contributed by atoms with van der Waals surface area (Å²) in [7, 11) is 0. The van der Waals surface area contributed by atoms with E-state index in [1.165, 1.54) is 78.6 Å². The topological polar surface area (TPSA) is 182 Å². The van der Waals surface area contributed by atoms with Crippen LogP contribution in [0.4, 0.5) is 0 Å². The lowest BCUT2D eigenvalue weighted by molar-refractivity contribution is -0.133. The zero-order chi connectivity index (χ0) is 34.9. The average molecular weight is 637 g/mol. The molecule has 0 radical (unpaired) electrons. The minimum atomic E-state index is -0.935. The van der Waals surface area contributed by atoms with Crippen LogP contribution in [0.3, 0.4) is 0 Å². The van der Waals surface area contributed by atoms with Crippen LogP contribution in [-0.2, 0) is 19.1 Å². The van der Waals surface area contributed by atoms with E-state index in [0.717, 1.165) is 24.5 Å². The van der Waals surface area contributed by atoms with Gasteiger partial charge in [-0.1, -0.05) is 98.3 Å². The molecule has 0 aliphatic rings. The van der Waals surface area contributed by atoms with Crippen molar-refractivity contribution in [3.8, 4) is 0 Å². The first-order chi connectivity index (χ1) is 19.9. The normalized spacial score (nSPS) is 9.51. The molecule has 0 atom stereocenters. The summed E-state index contributed by atoms with van der Waals surface area (Å²) >= 11 is 5.00. The molecule has 0 spiro atoms. The molecule has 11 heteroatoms. The third-order valence-corrected chi connectivity index (χ3v) is 5.70. The van der Waals surface area contributed by atoms with Crippen LogP contribution in [0, 0.1) is 5.41 Å². The van der Waals surface area contributed by atoms with Crippen LogP contribution in [0.5, 0.6) is 0 Å². The molecule has 254 valence electrons. The molecule has 0 heterocycles. The van der Waals surface area contributed by atoms with Crippen molar-refractivity contribution in [3.05, 3.63) is 36.5 Å². The number of ether oxygens (including phenoxy) is 1. The Balaban J connectivity index is -0.000000155. The Kier molecular flexibility index (Phi) is 41.4. The molecule has 0 fully saturated rings. The van der Waals surface area contributed by atoms with Crippen molar-refractivity contribution in [3.63, 3.8) is 0 Å².